The molecule has 1 aromatic carbocycles. The van der Waals surface area contributed by atoms with Gasteiger partial charge in [0.25, 0.3) is 0 Å². The van der Waals surface area contributed by atoms with Gasteiger partial charge in [0.1, 0.15) is 0 Å². The van der Waals surface area contributed by atoms with Crippen molar-refractivity contribution >= 4 is 17.3 Å². The summed E-state index contributed by atoms with van der Waals surface area (Å²) in [6.07, 6.45) is 2.93. The van der Waals surface area contributed by atoms with Gasteiger partial charge in [-0.05, 0) is 93.4 Å². The molecule has 0 saturated carbocycles. The molecule has 3 aromatic rings. The molecule has 0 amide bonds. The maximum absolute atomic E-state index is 5.92. The molecular weight excluding hydrogens is 466 g/mol. The van der Waals surface area contributed by atoms with E-state index in [0.717, 1.165) is 56.6 Å². The molecule has 0 bridgehead atoms. The fraction of sp³-hybridized carbons (Fsp3) is 0.448. The van der Waals surface area contributed by atoms with Crippen LogP contribution in [0.5, 0.6) is 0 Å². The van der Waals surface area contributed by atoms with E-state index >= 15 is 0 Å². The van der Waals surface area contributed by atoms with Gasteiger partial charge in [-0.15, -0.1) is 0 Å². The van der Waals surface area contributed by atoms with Crippen LogP contribution in [0.15, 0.2) is 48.7 Å². The Kier molecular flexibility index (Phi) is 7.42. The van der Waals surface area contributed by atoms with Gasteiger partial charge in [0.15, 0.2) is 5.11 Å². The number of nitrogens with one attached hydrogen (secondary N) is 1. The van der Waals surface area contributed by atoms with Gasteiger partial charge in [-0.1, -0.05) is 12.1 Å². The molecule has 0 aliphatic carbocycles. The third-order valence-electron chi connectivity index (χ3n) is 7.43. The first-order valence-corrected chi connectivity index (χ1v) is 13.4. The predicted molar refractivity (Wildman–Crippen MR) is 149 cm³/mol. The van der Waals surface area contributed by atoms with Crippen LogP contribution in [0.1, 0.15) is 52.3 Å². The summed E-state index contributed by atoms with van der Waals surface area (Å²) >= 11 is 5.92. The van der Waals surface area contributed by atoms with Crippen LogP contribution in [0.3, 0.4) is 0 Å². The van der Waals surface area contributed by atoms with E-state index in [-0.39, 0.29) is 12.1 Å². The van der Waals surface area contributed by atoms with E-state index in [1.54, 1.807) is 0 Å². The zero-order chi connectivity index (χ0) is 25.2. The summed E-state index contributed by atoms with van der Waals surface area (Å²) in [5.41, 5.74) is 8.59. The number of rotatable bonds is 7. The lowest BCUT2D eigenvalue weighted by molar-refractivity contribution is 0.0365. The lowest BCUT2D eigenvalue weighted by Gasteiger charge is -2.30. The van der Waals surface area contributed by atoms with Crippen LogP contribution in [0.4, 0.5) is 0 Å². The Balaban J connectivity index is 1.49. The van der Waals surface area contributed by atoms with Crippen molar-refractivity contribution in [1.82, 2.24) is 24.7 Å². The fourth-order valence-electron chi connectivity index (χ4n) is 5.84. The van der Waals surface area contributed by atoms with E-state index in [1.807, 2.05) is 12.3 Å². The Morgan fingerprint density at radius 3 is 2.44 bits per heavy atom. The second-order valence-electron chi connectivity index (χ2n) is 10.1. The van der Waals surface area contributed by atoms with Crippen LogP contribution in [0, 0.1) is 27.7 Å². The van der Waals surface area contributed by atoms with Crippen molar-refractivity contribution in [1.29, 1.82) is 0 Å². The minimum absolute atomic E-state index is 0.00952. The molecule has 7 heteroatoms. The van der Waals surface area contributed by atoms with E-state index in [4.69, 9.17) is 21.9 Å². The molecule has 2 fully saturated rings. The largest absolute Gasteiger partial charge is 0.379 e. The number of ether oxygens (including phenoxy) is 1. The first kappa shape index (κ1) is 24.9. The number of morpholine rings is 1. The maximum atomic E-state index is 5.92. The summed E-state index contributed by atoms with van der Waals surface area (Å²) in [6, 6.07) is 15.3. The smallest absolute Gasteiger partial charge is 0.170 e. The molecule has 0 spiro atoms. The van der Waals surface area contributed by atoms with Crippen molar-refractivity contribution in [2.45, 2.75) is 46.2 Å². The van der Waals surface area contributed by atoms with Crippen molar-refractivity contribution in [3.8, 4) is 5.69 Å². The summed E-state index contributed by atoms with van der Waals surface area (Å²) in [5, 5.41) is 4.44. The molecule has 6 nitrogen and oxygen atoms in total. The van der Waals surface area contributed by atoms with Crippen molar-refractivity contribution in [3.63, 3.8) is 0 Å². The first-order chi connectivity index (χ1) is 17.4. The van der Waals surface area contributed by atoms with Gasteiger partial charge >= 0.3 is 0 Å². The minimum atomic E-state index is 0.00952. The molecule has 190 valence electrons. The Morgan fingerprint density at radius 1 is 1.00 bits per heavy atom. The predicted octanol–water partition coefficient (Wildman–Crippen LogP) is 4.80. The molecular formula is C29H37N5OS. The van der Waals surface area contributed by atoms with Crippen LogP contribution in [-0.2, 0) is 4.74 Å². The van der Waals surface area contributed by atoms with Crippen LogP contribution in [0.2, 0.25) is 0 Å². The third-order valence-corrected chi connectivity index (χ3v) is 7.78. The SMILES string of the molecule is Cc1cc(C)cc(-n2c(C)cc([C@H]3[C@@H](c4ccccn4)NC(=S)N3CCCN3CCOCC3)c2C)c1. The summed E-state index contributed by atoms with van der Waals surface area (Å²) < 4.78 is 7.91. The Bertz CT molecular complexity index is 1200. The Morgan fingerprint density at radius 2 is 1.75 bits per heavy atom. The van der Waals surface area contributed by atoms with E-state index in [9.17, 15) is 0 Å². The average molecular weight is 504 g/mol. The topological polar surface area (TPSA) is 45.6 Å². The van der Waals surface area contributed by atoms with Crippen LogP contribution in [-0.4, -0.2) is 63.9 Å². The summed E-state index contributed by atoms with van der Waals surface area (Å²) in [7, 11) is 0. The molecule has 2 saturated heterocycles. The number of benzene rings is 1. The minimum Gasteiger partial charge on any atom is -0.379 e. The van der Waals surface area contributed by atoms with Crippen molar-refractivity contribution in [3.05, 3.63) is 82.4 Å². The highest BCUT2D eigenvalue weighted by atomic mass is 32.1. The number of aromatic nitrogens is 2. The van der Waals surface area contributed by atoms with Crippen molar-refractivity contribution in [2.24, 2.45) is 0 Å². The fourth-order valence-corrected chi connectivity index (χ4v) is 6.17. The van der Waals surface area contributed by atoms with Crippen molar-refractivity contribution in [2.75, 3.05) is 39.4 Å². The molecule has 0 unspecified atom stereocenters. The van der Waals surface area contributed by atoms with Crippen LogP contribution in [0.25, 0.3) is 5.69 Å². The Labute approximate surface area is 220 Å². The lowest BCUT2D eigenvalue weighted by Crippen LogP contribution is -2.39. The summed E-state index contributed by atoms with van der Waals surface area (Å²) in [6.45, 7) is 14.4. The first-order valence-electron chi connectivity index (χ1n) is 13.0. The van der Waals surface area contributed by atoms with Crippen LogP contribution >= 0.6 is 12.2 Å². The Hall–Kier alpha value is -2.74. The lowest BCUT2D eigenvalue weighted by atomic mass is 9.96. The molecule has 2 atom stereocenters. The van der Waals surface area contributed by atoms with Gasteiger partial charge in [0.05, 0.1) is 31.0 Å². The number of hydrogen-bond donors (Lipinski definition) is 1. The van der Waals surface area contributed by atoms with E-state index in [2.05, 4.69) is 83.8 Å². The highest BCUT2D eigenvalue weighted by Gasteiger charge is 2.41. The molecule has 36 heavy (non-hydrogen) atoms. The highest BCUT2D eigenvalue weighted by Crippen LogP contribution is 2.41. The van der Waals surface area contributed by atoms with E-state index < -0.39 is 0 Å². The number of hydrogen-bond acceptors (Lipinski definition) is 4. The van der Waals surface area contributed by atoms with Gasteiger partial charge in [-0.3, -0.25) is 9.88 Å². The second kappa shape index (κ2) is 10.7. The van der Waals surface area contributed by atoms with Crippen molar-refractivity contribution < 1.29 is 4.74 Å². The quantitative estimate of drug-likeness (QED) is 0.468. The molecule has 2 aliphatic heterocycles. The number of pyridine rings is 1. The number of thiocarbonyl (C=S) groups is 1. The van der Waals surface area contributed by atoms with Gasteiger partial charge in [-0.25, -0.2) is 0 Å². The number of nitrogens with zero attached hydrogens (tertiary/aromatic N) is 4. The molecule has 5 rings (SSSR count). The zero-order valence-corrected chi connectivity index (χ0v) is 22.6. The molecule has 4 heterocycles. The van der Waals surface area contributed by atoms with Gasteiger partial charge in [-0.2, -0.15) is 0 Å². The number of aryl methyl sites for hydroxylation is 3. The zero-order valence-electron chi connectivity index (χ0n) is 21.8. The average Bonchev–Trinajstić information content (AvgIpc) is 3.34. The highest BCUT2D eigenvalue weighted by molar-refractivity contribution is 7.80. The summed E-state index contributed by atoms with van der Waals surface area (Å²) in [5.74, 6) is 0. The summed E-state index contributed by atoms with van der Waals surface area (Å²) in [4.78, 5) is 9.61. The molecule has 0 radical (unpaired) electrons. The van der Waals surface area contributed by atoms with E-state index in [1.165, 1.54) is 33.8 Å². The van der Waals surface area contributed by atoms with E-state index in [0.29, 0.717) is 0 Å². The standard InChI is InChI=1S/C29H37N5OS/c1-20-16-21(2)18-24(17-20)34-22(3)19-25(23(34)4)28-27(26-8-5-6-9-30-26)31-29(36)33(28)11-7-10-32-12-14-35-15-13-32/h5-6,8-9,16-19,27-28H,7,10-15H2,1-4H3,(H,31,36)/t27-,28+/m1/s1. The van der Waals surface area contributed by atoms with Gasteiger partial charge in [0, 0.05) is 49.5 Å². The molecule has 1 N–H and O–H groups in total. The molecule has 2 aliphatic rings. The molecule has 2 aromatic heterocycles. The normalized spacial score (nSPS) is 20.7. The van der Waals surface area contributed by atoms with Gasteiger partial charge < -0.3 is 19.5 Å². The maximum Gasteiger partial charge on any atom is 0.170 e. The monoisotopic (exact) mass is 503 g/mol. The van der Waals surface area contributed by atoms with Crippen LogP contribution < -0.4 is 5.32 Å². The van der Waals surface area contributed by atoms with Gasteiger partial charge in [0.2, 0.25) is 0 Å². The second-order valence-corrected chi connectivity index (χ2v) is 10.5. The third kappa shape index (κ3) is 5.05.